The highest BCUT2D eigenvalue weighted by atomic mass is 35.5. The molecule has 3 aromatic heterocycles. The number of hydrogen-bond acceptors (Lipinski definition) is 6. The molecule has 0 saturated heterocycles. The summed E-state index contributed by atoms with van der Waals surface area (Å²) in [5, 5.41) is 11.9. The first-order valence-electron chi connectivity index (χ1n) is 8.01. The van der Waals surface area contributed by atoms with Crippen molar-refractivity contribution in [3.63, 3.8) is 0 Å². The van der Waals surface area contributed by atoms with Crippen molar-refractivity contribution in [1.82, 2.24) is 24.7 Å². The lowest BCUT2D eigenvalue weighted by Crippen LogP contribution is -2.23. The zero-order valence-electron chi connectivity index (χ0n) is 14.3. The van der Waals surface area contributed by atoms with Gasteiger partial charge in [-0.15, -0.1) is 10.2 Å². The molecule has 1 unspecified atom stereocenters. The van der Waals surface area contributed by atoms with Gasteiger partial charge in [0.2, 0.25) is 5.91 Å². The van der Waals surface area contributed by atoms with Crippen LogP contribution in [-0.4, -0.2) is 35.9 Å². The maximum absolute atomic E-state index is 12.5. The molecule has 1 amide bonds. The molecule has 134 valence electrons. The van der Waals surface area contributed by atoms with Crippen LogP contribution in [0.2, 0.25) is 5.15 Å². The minimum atomic E-state index is -0.383. The molecule has 0 saturated carbocycles. The highest BCUT2D eigenvalue weighted by molar-refractivity contribution is 8.00. The summed E-state index contributed by atoms with van der Waals surface area (Å²) in [7, 11) is 0. The Balaban J connectivity index is 1.75. The maximum Gasteiger partial charge on any atom is 0.237 e. The molecule has 0 spiro atoms. The summed E-state index contributed by atoms with van der Waals surface area (Å²) >= 11 is 7.33. The summed E-state index contributed by atoms with van der Waals surface area (Å²) in [6, 6.07) is 7.19. The predicted molar refractivity (Wildman–Crippen MR) is 102 cm³/mol. The topological polar surface area (TPSA) is 85.6 Å². The molecule has 0 radical (unpaired) electrons. The van der Waals surface area contributed by atoms with Gasteiger partial charge in [-0.05, 0) is 38.1 Å². The Hall–Kier alpha value is -2.45. The van der Waals surface area contributed by atoms with Crippen LogP contribution in [0.25, 0.3) is 11.4 Å². The van der Waals surface area contributed by atoms with Gasteiger partial charge in [-0.1, -0.05) is 23.4 Å². The molecule has 0 aliphatic carbocycles. The molecule has 3 aromatic rings. The van der Waals surface area contributed by atoms with Crippen LogP contribution in [0.1, 0.15) is 13.8 Å². The first-order chi connectivity index (χ1) is 12.6. The summed E-state index contributed by atoms with van der Waals surface area (Å²) in [6.07, 6.45) is 5.00. The summed E-state index contributed by atoms with van der Waals surface area (Å²) in [5.41, 5.74) is 1.42. The van der Waals surface area contributed by atoms with Crippen LogP contribution in [0, 0.1) is 0 Å². The Bertz CT molecular complexity index is 901. The van der Waals surface area contributed by atoms with Gasteiger partial charge < -0.3 is 9.88 Å². The van der Waals surface area contributed by atoms with Crippen molar-refractivity contribution in [2.45, 2.75) is 30.8 Å². The number of aromatic nitrogens is 5. The van der Waals surface area contributed by atoms with E-state index >= 15 is 0 Å². The van der Waals surface area contributed by atoms with Gasteiger partial charge in [-0.3, -0.25) is 9.78 Å². The number of amides is 1. The van der Waals surface area contributed by atoms with E-state index in [9.17, 15) is 4.79 Å². The number of halogens is 1. The number of nitrogens with one attached hydrogen (secondary N) is 1. The molecule has 0 aliphatic heterocycles. The van der Waals surface area contributed by atoms with Crippen LogP contribution >= 0.6 is 23.4 Å². The van der Waals surface area contributed by atoms with E-state index in [1.807, 2.05) is 30.5 Å². The molecule has 3 heterocycles. The van der Waals surface area contributed by atoms with Crippen molar-refractivity contribution in [2.75, 3.05) is 5.32 Å². The Kier molecular flexibility index (Phi) is 5.85. The smallest absolute Gasteiger partial charge is 0.237 e. The lowest BCUT2D eigenvalue weighted by molar-refractivity contribution is -0.115. The molecule has 7 nitrogen and oxygen atoms in total. The van der Waals surface area contributed by atoms with Gasteiger partial charge in [0.25, 0.3) is 0 Å². The molecule has 1 N–H and O–H groups in total. The highest BCUT2D eigenvalue weighted by Gasteiger charge is 2.21. The predicted octanol–water partition coefficient (Wildman–Crippen LogP) is 3.53. The van der Waals surface area contributed by atoms with Crippen molar-refractivity contribution in [3.05, 3.63) is 48.0 Å². The van der Waals surface area contributed by atoms with Crippen molar-refractivity contribution in [3.8, 4) is 11.4 Å². The second kappa shape index (κ2) is 8.29. The van der Waals surface area contributed by atoms with Crippen molar-refractivity contribution in [1.29, 1.82) is 0 Å². The molecule has 3 rings (SSSR count). The Morgan fingerprint density at radius 3 is 2.73 bits per heavy atom. The minimum Gasteiger partial charge on any atom is -0.322 e. The molecule has 0 bridgehead atoms. The fourth-order valence-corrected chi connectivity index (χ4v) is 3.38. The molecule has 0 fully saturated rings. The van der Waals surface area contributed by atoms with Crippen LogP contribution < -0.4 is 5.32 Å². The van der Waals surface area contributed by atoms with E-state index < -0.39 is 0 Å². The minimum absolute atomic E-state index is 0.180. The second-order valence-corrected chi connectivity index (χ2v) is 7.04. The number of thioether (sulfide) groups is 1. The van der Waals surface area contributed by atoms with E-state index in [-0.39, 0.29) is 16.3 Å². The van der Waals surface area contributed by atoms with Crippen molar-refractivity contribution >= 4 is 35.0 Å². The third-order valence-corrected chi connectivity index (χ3v) is 5.02. The van der Waals surface area contributed by atoms with Gasteiger partial charge in [0, 0.05) is 30.7 Å². The standard InChI is InChI=1S/C17H17ClN6OS/c1-3-24-15(12-6-9-19-10-7-12)22-23-17(24)26-11(2)16(25)21-13-5-4-8-20-14(13)18/h4-11H,3H2,1-2H3,(H,21,25). The van der Waals surface area contributed by atoms with Crippen molar-refractivity contribution < 1.29 is 4.79 Å². The molecule has 0 aromatic carbocycles. The van der Waals surface area contributed by atoms with E-state index in [1.165, 1.54) is 11.8 Å². The summed E-state index contributed by atoms with van der Waals surface area (Å²) in [6.45, 7) is 4.51. The molecule has 1 atom stereocenters. The van der Waals surface area contributed by atoms with Crippen LogP contribution in [-0.2, 0) is 11.3 Å². The molecular weight excluding hydrogens is 372 g/mol. The summed E-state index contributed by atoms with van der Waals surface area (Å²) in [4.78, 5) is 20.4. The van der Waals surface area contributed by atoms with Crippen LogP contribution in [0.3, 0.4) is 0 Å². The Labute approximate surface area is 160 Å². The first-order valence-corrected chi connectivity index (χ1v) is 9.27. The number of rotatable bonds is 6. The van der Waals surface area contributed by atoms with Gasteiger partial charge in [0.15, 0.2) is 16.1 Å². The van der Waals surface area contributed by atoms with Crippen LogP contribution in [0.5, 0.6) is 0 Å². The fraction of sp³-hybridized carbons (Fsp3) is 0.235. The maximum atomic E-state index is 12.5. The number of anilines is 1. The Morgan fingerprint density at radius 1 is 1.27 bits per heavy atom. The largest absolute Gasteiger partial charge is 0.322 e. The lowest BCUT2D eigenvalue weighted by atomic mass is 10.2. The number of pyridine rings is 2. The van der Waals surface area contributed by atoms with Gasteiger partial charge in [-0.25, -0.2) is 4.98 Å². The van der Waals surface area contributed by atoms with Gasteiger partial charge >= 0.3 is 0 Å². The highest BCUT2D eigenvalue weighted by Crippen LogP contribution is 2.27. The van der Waals surface area contributed by atoms with Crippen LogP contribution in [0.4, 0.5) is 5.69 Å². The lowest BCUT2D eigenvalue weighted by Gasteiger charge is -2.13. The van der Waals surface area contributed by atoms with E-state index in [0.717, 1.165) is 11.4 Å². The fourth-order valence-electron chi connectivity index (χ4n) is 2.30. The first kappa shape index (κ1) is 18.3. The molecule has 26 heavy (non-hydrogen) atoms. The monoisotopic (exact) mass is 388 g/mol. The second-order valence-electron chi connectivity index (χ2n) is 5.38. The average molecular weight is 389 g/mol. The van der Waals surface area contributed by atoms with E-state index in [1.54, 1.807) is 30.7 Å². The number of hydrogen-bond donors (Lipinski definition) is 1. The van der Waals surface area contributed by atoms with Gasteiger partial charge in [0.05, 0.1) is 10.9 Å². The average Bonchev–Trinajstić information content (AvgIpc) is 3.06. The summed E-state index contributed by atoms with van der Waals surface area (Å²) in [5.74, 6) is 0.571. The third-order valence-electron chi connectivity index (χ3n) is 3.64. The molecular formula is C17H17ClN6OS. The summed E-state index contributed by atoms with van der Waals surface area (Å²) < 4.78 is 1.97. The number of nitrogens with zero attached hydrogens (tertiary/aromatic N) is 5. The van der Waals surface area contributed by atoms with Gasteiger partial charge in [-0.2, -0.15) is 0 Å². The van der Waals surface area contributed by atoms with E-state index in [0.29, 0.717) is 17.4 Å². The normalized spacial score (nSPS) is 12.0. The Morgan fingerprint density at radius 2 is 2.04 bits per heavy atom. The van der Waals surface area contributed by atoms with Gasteiger partial charge in [0.1, 0.15) is 0 Å². The van der Waals surface area contributed by atoms with Crippen molar-refractivity contribution in [2.24, 2.45) is 0 Å². The number of carbonyl (C=O) groups excluding carboxylic acids is 1. The van der Waals surface area contributed by atoms with E-state index in [4.69, 9.17) is 11.6 Å². The quantitative estimate of drug-likeness (QED) is 0.513. The zero-order valence-corrected chi connectivity index (χ0v) is 15.8. The number of carbonyl (C=O) groups is 1. The SMILES string of the molecule is CCn1c(SC(C)C(=O)Nc2cccnc2Cl)nnc1-c1ccncc1. The van der Waals surface area contributed by atoms with E-state index in [2.05, 4.69) is 25.5 Å². The molecule has 0 aliphatic rings. The van der Waals surface area contributed by atoms with Crippen LogP contribution in [0.15, 0.2) is 48.0 Å². The molecule has 9 heteroatoms. The zero-order chi connectivity index (χ0) is 18.5. The third kappa shape index (κ3) is 4.03.